The second kappa shape index (κ2) is 9.08. The van der Waals surface area contributed by atoms with Crippen molar-refractivity contribution in [3.63, 3.8) is 0 Å². The summed E-state index contributed by atoms with van der Waals surface area (Å²) in [5, 5.41) is 4.89. The number of hydrogen-bond donors (Lipinski definition) is 1. The van der Waals surface area contributed by atoms with Gasteiger partial charge in [-0.3, -0.25) is 9.59 Å². The fraction of sp³-hybridized carbons (Fsp3) is 0.250. The number of halogens is 2. The lowest BCUT2D eigenvalue weighted by molar-refractivity contribution is -0.126. The molecule has 1 saturated heterocycles. The van der Waals surface area contributed by atoms with E-state index in [1.54, 1.807) is 35.2 Å². The number of hydrazone groups is 1. The van der Waals surface area contributed by atoms with Gasteiger partial charge in [0.25, 0.3) is 0 Å². The lowest BCUT2D eigenvalue weighted by Gasteiger charge is -2.17. The Morgan fingerprint density at radius 3 is 2.71 bits per heavy atom. The van der Waals surface area contributed by atoms with Crippen molar-refractivity contribution < 1.29 is 14.3 Å². The van der Waals surface area contributed by atoms with Crippen molar-refractivity contribution in [2.75, 3.05) is 18.1 Å². The highest BCUT2D eigenvalue weighted by Gasteiger charge is 2.35. The van der Waals surface area contributed by atoms with Crippen LogP contribution in [0.3, 0.4) is 0 Å². The van der Waals surface area contributed by atoms with Crippen molar-refractivity contribution >= 4 is 46.9 Å². The maximum Gasteiger partial charge on any atom is 0.245 e. The zero-order valence-electron chi connectivity index (χ0n) is 15.2. The van der Waals surface area contributed by atoms with Crippen LogP contribution in [0.5, 0.6) is 5.75 Å². The molecule has 6 nitrogen and oxygen atoms in total. The van der Waals surface area contributed by atoms with Crippen LogP contribution in [0.25, 0.3) is 0 Å². The van der Waals surface area contributed by atoms with Gasteiger partial charge < -0.3 is 9.64 Å². The van der Waals surface area contributed by atoms with E-state index in [-0.39, 0.29) is 18.2 Å². The summed E-state index contributed by atoms with van der Waals surface area (Å²) in [5.74, 6) is -0.156. The molecule has 2 aromatic rings. The highest BCUT2D eigenvalue weighted by Crippen LogP contribution is 2.27. The molecule has 0 aromatic heterocycles. The standard InChI is InChI=1S/C20H19Cl2N3O3/c1-2-28-17-7-5-16(6-8-17)25-12-14(9-19(25)26)20(27)24-23-11-13-3-4-15(21)10-18(13)22/h3-8,10-11,14H,2,9,12H2,1H3,(H,24,27)/b23-11-/t14-/m0/s1. The minimum atomic E-state index is -0.475. The Hall–Kier alpha value is -2.57. The molecule has 3 rings (SSSR count). The topological polar surface area (TPSA) is 71.0 Å². The van der Waals surface area contributed by atoms with Crippen LogP contribution >= 0.6 is 23.2 Å². The van der Waals surface area contributed by atoms with E-state index in [1.165, 1.54) is 6.21 Å². The Morgan fingerprint density at radius 1 is 1.29 bits per heavy atom. The van der Waals surface area contributed by atoms with E-state index in [2.05, 4.69) is 10.5 Å². The predicted octanol–water partition coefficient (Wildman–Crippen LogP) is 3.90. The number of nitrogens with zero attached hydrogens (tertiary/aromatic N) is 2. The molecule has 2 amide bonds. The van der Waals surface area contributed by atoms with E-state index < -0.39 is 5.92 Å². The molecule has 0 saturated carbocycles. The van der Waals surface area contributed by atoms with Crippen LogP contribution < -0.4 is 15.1 Å². The lowest BCUT2D eigenvalue weighted by Crippen LogP contribution is -2.30. The third-order valence-corrected chi connectivity index (χ3v) is 4.86. The van der Waals surface area contributed by atoms with Crippen LogP contribution in [0.4, 0.5) is 5.69 Å². The van der Waals surface area contributed by atoms with Crippen LogP contribution in [0.2, 0.25) is 10.0 Å². The zero-order valence-corrected chi connectivity index (χ0v) is 16.7. The Bertz CT molecular complexity index is 900. The number of ether oxygens (including phenoxy) is 1. The molecule has 1 heterocycles. The van der Waals surface area contributed by atoms with Gasteiger partial charge in [-0.25, -0.2) is 5.43 Å². The number of carbonyl (C=O) groups is 2. The van der Waals surface area contributed by atoms with Crippen LogP contribution in [0.15, 0.2) is 47.6 Å². The molecule has 0 spiro atoms. The number of benzene rings is 2. The summed E-state index contributed by atoms with van der Waals surface area (Å²) < 4.78 is 5.41. The van der Waals surface area contributed by atoms with E-state index >= 15 is 0 Å². The van der Waals surface area contributed by atoms with Crippen molar-refractivity contribution in [1.82, 2.24) is 5.43 Å². The third-order valence-electron chi connectivity index (χ3n) is 4.30. The van der Waals surface area contributed by atoms with Crippen LogP contribution in [-0.2, 0) is 9.59 Å². The molecule has 28 heavy (non-hydrogen) atoms. The molecule has 8 heteroatoms. The average molecular weight is 420 g/mol. The van der Waals surface area contributed by atoms with Gasteiger partial charge in [0.1, 0.15) is 5.75 Å². The highest BCUT2D eigenvalue weighted by atomic mass is 35.5. The Kier molecular flexibility index (Phi) is 6.54. The van der Waals surface area contributed by atoms with Gasteiger partial charge in [-0.2, -0.15) is 5.10 Å². The fourth-order valence-electron chi connectivity index (χ4n) is 2.88. The third kappa shape index (κ3) is 4.82. The monoisotopic (exact) mass is 419 g/mol. The summed E-state index contributed by atoms with van der Waals surface area (Å²) in [5.41, 5.74) is 3.84. The van der Waals surface area contributed by atoms with Crippen molar-refractivity contribution in [3.8, 4) is 5.75 Å². The summed E-state index contributed by atoms with van der Waals surface area (Å²) >= 11 is 11.9. The molecule has 1 aliphatic heterocycles. The van der Waals surface area contributed by atoms with Crippen LogP contribution in [-0.4, -0.2) is 31.2 Å². The van der Waals surface area contributed by atoms with Gasteiger partial charge in [0, 0.05) is 29.2 Å². The molecule has 0 bridgehead atoms. The maximum atomic E-state index is 12.4. The average Bonchev–Trinajstić information content (AvgIpc) is 3.06. The van der Waals surface area contributed by atoms with E-state index in [1.807, 2.05) is 19.1 Å². The number of carbonyl (C=O) groups excluding carboxylic acids is 2. The molecular weight excluding hydrogens is 401 g/mol. The Morgan fingerprint density at radius 2 is 2.04 bits per heavy atom. The molecule has 1 N–H and O–H groups in total. The van der Waals surface area contributed by atoms with Gasteiger partial charge in [-0.15, -0.1) is 0 Å². The minimum Gasteiger partial charge on any atom is -0.494 e. The van der Waals surface area contributed by atoms with E-state index in [0.29, 0.717) is 28.8 Å². The van der Waals surface area contributed by atoms with Gasteiger partial charge in [-0.05, 0) is 43.3 Å². The molecular formula is C20H19Cl2N3O3. The Labute approximate surface area is 173 Å². The van der Waals surface area contributed by atoms with Crippen molar-refractivity contribution in [1.29, 1.82) is 0 Å². The van der Waals surface area contributed by atoms with Gasteiger partial charge in [0.15, 0.2) is 0 Å². The van der Waals surface area contributed by atoms with Crippen LogP contribution in [0.1, 0.15) is 18.9 Å². The van der Waals surface area contributed by atoms with E-state index in [0.717, 1.165) is 11.4 Å². The summed E-state index contributed by atoms with van der Waals surface area (Å²) in [6.07, 6.45) is 1.58. The number of amides is 2. The van der Waals surface area contributed by atoms with E-state index in [9.17, 15) is 9.59 Å². The first-order valence-electron chi connectivity index (χ1n) is 8.79. The summed E-state index contributed by atoms with van der Waals surface area (Å²) in [4.78, 5) is 26.3. The molecule has 0 radical (unpaired) electrons. The quantitative estimate of drug-likeness (QED) is 0.569. The Balaban J connectivity index is 1.59. The smallest absolute Gasteiger partial charge is 0.245 e. The second-order valence-electron chi connectivity index (χ2n) is 6.23. The van der Waals surface area contributed by atoms with Crippen LogP contribution in [0, 0.1) is 5.92 Å². The first-order valence-corrected chi connectivity index (χ1v) is 9.54. The zero-order chi connectivity index (χ0) is 20.1. The summed E-state index contributed by atoms with van der Waals surface area (Å²) in [6, 6.07) is 12.2. The number of rotatable bonds is 6. The summed E-state index contributed by atoms with van der Waals surface area (Å²) in [7, 11) is 0. The number of hydrogen-bond acceptors (Lipinski definition) is 4. The largest absolute Gasteiger partial charge is 0.494 e. The van der Waals surface area contributed by atoms with E-state index in [4.69, 9.17) is 27.9 Å². The first-order chi connectivity index (χ1) is 13.5. The lowest BCUT2D eigenvalue weighted by atomic mass is 10.1. The maximum absolute atomic E-state index is 12.4. The van der Waals surface area contributed by atoms with Crippen molar-refractivity contribution in [2.45, 2.75) is 13.3 Å². The number of anilines is 1. The number of nitrogens with one attached hydrogen (secondary N) is 1. The molecule has 146 valence electrons. The van der Waals surface area contributed by atoms with Gasteiger partial charge in [-0.1, -0.05) is 29.3 Å². The van der Waals surface area contributed by atoms with Gasteiger partial charge in [0.05, 0.1) is 23.8 Å². The minimum absolute atomic E-state index is 0.103. The fourth-order valence-corrected chi connectivity index (χ4v) is 3.34. The molecule has 0 unspecified atom stereocenters. The van der Waals surface area contributed by atoms with Crippen molar-refractivity contribution in [3.05, 3.63) is 58.1 Å². The van der Waals surface area contributed by atoms with Gasteiger partial charge >= 0.3 is 0 Å². The molecule has 0 aliphatic carbocycles. The SMILES string of the molecule is CCOc1ccc(N2C[C@@H](C(=O)N/N=C\c3ccc(Cl)cc3Cl)CC2=O)cc1. The second-order valence-corrected chi connectivity index (χ2v) is 7.08. The predicted molar refractivity (Wildman–Crippen MR) is 110 cm³/mol. The first kappa shape index (κ1) is 20.2. The molecule has 1 atom stereocenters. The van der Waals surface area contributed by atoms with Crippen molar-refractivity contribution in [2.24, 2.45) is 11.0 Å². The molecule has 2 aromatic carbocycles. The van der Waals surface area contributed by atoms with Gasteiger partial charge in [0.2, 0.25) is 11.8 Å². The molecule has 1 fully saturated rings. The normalized spacial score (nSPS) is 16.6. The summed E-state index contributed by atoms with van der Waals surface area (Å²) in [6.45, 7) is 2.78. The highest BCUT2D eigenvalue weighted by molar-refractivity contribution is 6.36. The molecule has 1 aliphatic rings.